The number of nitrogens with one attached hydrogen (secondary N) is 1. The number of nitrogens with two attached hydrogens (primary N) is 1. The van der Waals surface area contributed by atoms with Gasteiger partial charge >= 0.3 is 0 Å². The molecule has 0 bridgehead atoms. The third-order valence-corrected chi connectivity index (χ3v) is 3.27. The Morgan fingerprint density at radius 1 is 1.26 bits per heavy atom. The number of carbonyl (C=O) groups is 1. The molecule has 0 spiro atoms. The molecule has 2 aromatic rings. The minimum absolute atomic E-state index is 0.132. The summed E-state index contributed by atoms with van der Waals surface area (Å²) in [4.78, 5) is 11.9. The molecular weight excluding hydrogens is 328 g/mol. The first kappa shape index (κ1) is 13.9. The molecule has 0 atom stereocenters. The van der Waals surface area contributed by atoms with Gasteiger partial charge in [-0.15, -0.1) is 0 Å². The number of hydrogen-bond donors (Lipinski definition) is 2. The average Bonchev–Trinajstić information content (AvgIpc) is 2.34. The number of amides is 1. The molecular formula is C14H12BrClN2O. The van der Waals surface area contributed by atoms with Gasteiger partial charge in [0.15, 0.2) is 0 Å². The van der Waals surface area contributed by atoms with Crippen molar-refractivity contribution in [2.24, 2.45) is 0 Å². The molecule has 0 radical (unpaired) electrons. The molecule has 0 aliphatic heterocycles. The molecule has 0 heterocycles. The molecule has 0 aliphatic rings. The maximum Gasteiger partial charge on any atom is 0.228 e. The molecule has 3 nitrogen and oxygen atoms in total. The standard InChI is InChI=1S/C14H12BrClN2O/c15-10-3-1-2-9(6-10)7-14(19)18-13-8-11(16)4-5-12(13)17/h1-6,8H,7,17H2,(H,18,19). The molecule has 0 saturated heterocycles. The highest BCUT2D eigenvalue weighted by atomic mass is 79.9. The monoisotopic (exact) mass is 338 g/mol. The van der Waals surface area contributed by atoms with Crippen molar-refractivity contribution < 1.29 is 4.79 Å². The van der Waals surface area contributed by atoms with Gasteiger partial charge in [-0.25, -0.2) is 0 Å². The first-order valence-corrected chi connectivity index (χ1v) is 6.81. The summed E-state index contributed by atoms with van der Waals surface area (Å²) in [6.07, 6.45) is 0.283. The number of halogens is 2. The number of anilines is 2. The van der Waals surface area contributed by atoms with E-state index in [-0.39, 0.29) is 12.3 Å². The number of carbonyl (C=O) groups excluding carboxylic acids is 1. The van der Waals surface area contributed by atoms with Gasteiger partial charge in [-0.2, -0.15) is 0 Å². The van der Waals surface area contributed by atoms with Crippen molar-refractivity contribution in [3.8, 4) is 0 Å². The molecule has 2 rings (SSSR count). The molecule has 0 saturated carbocycles. The van der Waals surface area contributed by atoms with Gasteiger partial charge in [-0.1, -0.05) is 39.7 Å². The first-order chi connectivity index (χ1) is 9.04. The molecule has 0 fully saturated rings. The van der Waals surface area contributed by atoms with E-state index >= 15 is 0 Å². The normalized spacial score (nSPS) is 10.2. The smallest absolute Gasteiger partial charge is 0.228 e. The lowest BCUT2D eigenvalue weighted by Gasteiger charge is -2.08. The van der Waals surface area contributed by atoms with Crippen LogP contribution >= 0.6 is 27.5 Å². The third kappa shape index (κ3) is 3.98. The third-order valence-electron chi connectivity index (χ3n) is 2.54. The van der Waals surface area contributed by atoms with E-state index < -0.39 is 0 Å². The van der Waals surface area contributed by atoms with Crippen molar-refractivity contribution in [2.75, 3.05) is 11.1 Å². The lowest BCUT2D eigenvalue weighted by atomic mass is 10.1. The van der Waals surface area contributed by atoms with Crippen molar-refractivity contribution in [1.82, 2.24) is 0 Å². The molecule has 5 heteroatoms. The lowest BCUT2D eigenvalue weighted by molar-refractivity contribution is -0.115. The van der Waals surface area contributed by atoms with Gasteiger partial charge in [0.2, 0.25) is 5.91 Å². The molecule has 0 unspecified atom stereocenters. The molecule has 3 N–H and O–H groups in total. The van der Waals surface area contributed by atoms with Crippen molar-refractivity contribution >= 4 is 44.8 Å². The highest BCUT2D eigenvalue weighted by Gasteiger charge is 2.07. The second-order valence-corrected chi connectivity index (χ2v) is 5.44. The van der Waals surface area contributed by atoms with Gasteiger partial charge < -0.3 is 11.1 Å². The predicted octanol–water partition coefficient (Wildman–Crippen LogP) is 3.87. The Labute approximate surface area is 124 Å². The zero-order valence-electron chi connectivity index (χ0n) is 9.99. The Kier molecular flexibility index (Phi) is 4.45. The van der Waals surface area contributed by atoms with E-state index in [4.69, 9.17) is 17.3 Å². The van der Waals surface area contributed by atoms with Crippen LogP contribution in [0.15, 0.2) is 46.9 Å². The highest BCUT2D eigenvalue weighted by molar-refractivity contribution is 9.10. The minimum Gasteiger partial charge on any atom is -0.397 e. The van der Waals surface area contributed by atoms with Crippen molar-refractivity contribution in [2.45, 2.75) is 6.42 Å². The van der Waals surface area contributed by atoms with Crippen LogP contribution in [0.4, 0.5) is 11.4 Å². The zero-order valence-corrected chi connectivity index (χ0v) is 12.3. The molecule has 19 heavy (non-hydrogen) atoms. The van der Waals surface area contributed by atoms with E-state index in [2.05, 4.69) is 21.2 Å². The quantitative estimate of drug-likeness (QED) is 0.834. The van der Waals surface area contributed by atoms with Crippen molar-refractivity contribution in [3.05, 3.63) is 57.5 Å². The number of rotatable bonds is 3. The summed E-state index contributed by atoms with van der Waals surface area (Å²) in [5.41, 5.74) is 7.73. The van der Waals surface area contributed by atoms with Crippen LogP contribution in [0.5, 0.6) is 0 Å². The summed E-state index contributed by atoms with van der Waals surface area (Å²) in [5.74, 6) is -0.132. The van der Waals surface area contributed by atoms with E-state index in [1.165, 1.54) is 0 Å². The summed E-state index contributed by atoms with van der Waals surface area (Å²) in [7, 11) is 0. The van der Waals surface area contributed by atoms with Crippen LogP contribution in [0.2, 0.25) is 5.02 Å². The van der Waals surface area contributed by atoms with Gasteiger partial charge in [0.25, 0.3) is 0 Å². The first-order valence-electron chi connectivity index (χ1n) is 5.64. The molecule has 0 aromatic heterocycles. The van der Waals surface area contributed by atoms with Crippen LogP contribution in [0, 0.1) is 0 Å². The maximum absolute atomic E-state index is 11.9. The number of nitrogen functional groups attached to an aromatic ring is 1. The maximum atomic E-state index is 11.9. The minimum atomic E-state index is -0.132. The predicted molar refractivity (Wildman–Crippen MR) is 82.3 cm³/mol. The topological polar surface area (TPSA) is 55.1 Å². The van der Waals surface area contributed by atoms with Gasteiger partial charge in [0, 0.05) is 9.50 Å². The van der Waals surface area contributed by atoms with Crippen LogP contribution in [0.25, 0.3) is 0 Å². The van der Waals surface area contributed by atoms with Crippen LogP contribution in [-0.2, 0) is 11.2 Å². The summed E-state index contributed by atoms with van der Waals surface area (Å²) in [6.45, 7) is 0. The van der Waals surface area contributed by atoms with Gasteiger partial charge in [-0.05, 0) is 35.9 Å². The molecule has 0 aliphatic carbocycles. The van der Waals surface area contributed by atoms with Crippen molar-refractivity contribution in [3.63, 3.8) is 0 Å². The highest BCUT2D eigenvalue weighted by Crippen LogP contribution is 2.23. The van der Waals surface area contributed by atoms with Crippen LogP contribution in [0.3, 0.4) is 0 Å². The summed E-state index contributed by atoms with van der Waals surface area (Å²) in [6, 6.07) is 12.6. The zero-order chi connectivity index (χ0) is 13.8. The Morgan fingerprint density at radius 2 is 2.05 bits per heavy atom. The SMILES string of the molecule is Nc1ccc(Cl)cc1NC(=O)Cc1cccc(Br)c1. The Balaban J connectivity index is 2.07. The Hall–Kier alpha value is -1.52. The van der Waals surface area contributed by atoms with Crippen LogP contribution in [0.1, 0.15) is 5.56 Å². The average molecular weight is 340 g/mol. The number of hydrogen-bond acceptors (Lipinski definition) is 2. The Bertz CT molecular complexity index is 616. The largest absolute Gasteiger partial charge is 0.397 e. The fourth-order valence-corrected chi connectivity index (χ4v) is 2.28. The molecule has 2 aromatic carbocycles. The van der Waals surface area contributed by atoms with Gasteiger partial charge in [-0.3, -0.25) is 4.79 Å². The van der Waals surface area contributed by atoms with E-state index in [1.807, 2.05) is 24.3 Å². The fraction of sp³-hybridized carbons (Fsp3) is 0.0714. The van der Waals surface area contributed by atoms with Gasteiger partial charge in [0.1, 0.15) is 0 Å². The summed E-state index contributed by atoms with van der Waals surface area (Å²) < 4.78 is 0.945. The van der Waals surface area contributed by atoms with E-state index in [0.717, 1.165) is 10.0 Å². The van der Waals surface area contributed by atoms with Crippen LogP contribution < -0.4 is 11.1 Å². The van der Waals surface area contributed by atoms with E-state index in [1.54, 1.807) is 18.2 Å². The number of benzene rings is 2. The van der Waals surface area contributed by atoms with Gasteiger partial charge in [0.05, 0.1) is 17.8 Å². The molecule has 98 valence electrons. The Morgan fingerprint density at radius 3 is 2.79 bits per heavy atom. The van der Waals surface area contributed by atoms with E-state index in [9.17, 15) is 4.79 Å². The second kappa shape index (κ2) is 6.08. The molecule has 1 amide bonds. The summed E-state index contributed by atoms with van der Waals surface area (Å²) in [5, 5.41) is 3.29. The summed E-state index contributed by atoms with van der Waals surface area (Å²) >= 11 is 9.24. The lowest BCUT2D eigenvalue weighted by Crippen LogP contribution is -2.15. The fourth-order valence-electron chi connectivity index (χ4n) is 1.66. The van der Waals surface area contributed by atoms with E-state index in [0.29, 0.717) is 16.4 Å². The van der Waals surface area contributed by atoms with Crippen LogP contribution in [-0.4, -0.2) is 5.91 Å². The second-order valence-electron chi connectivity index (χ2n) is 4.09. The van der Waals surface area contributed by atoms with Crippen molar-refractivity contribution in [1.29, 1.82) is 0 Å².